The molecule has 1 aliphatic heterocycles. The summed E-state index contributed by atoms with van der Waals surface area (Å²) >= 11 is 0. The molecule has 4 rings (SSSR count). The lowest BCUT2D eigenvalue weighted by Crippen LogP contribution is -2.21. The quantitative estimate of drug-likeness (QED) is 0.499. The topological polar surface area (TPSA) is 19.4 Å². The van der Waals surface area contributed by atoms with Gasteiger partial charge in [0.05, 0.1) is 6.07 Å². The highest BCUT2D eigenvalue weighted by molar-refractivity contribution is 5.99. The smallest absolute Gasteiger partial charge is 0.203 e. The Morgan fingerprint density at radius 3 is 2.54 bits per heavy atom. The predicted molar refractivity (Wildman–Crippen MR) is 111 cm³/mol. The third kappa shape index (κ3) is 2.92. The van der Waals surface area contributed by atoms with Gasteiger partial charge in [-0.3, -0.25) is 0 Å². The zero-order valence-electron chi connectivity index (χ0n) is 16.2. The maximum Gasteiger partial charge on any atom is 0.203 e. The van der Waals surface area contributed by atoms with Crippen LogP contribution < -0.4 is 14.8 Å². The number of allylic oxidation sites excluding steroid dienone is 2. The van der Waals surface area contributed by atoms with E-state index in [0.717, 1.165) is 28.8 Å². The maximum absolute atomic E-state index is 6.38. The van der Waals surface area contributed by atoms with Gasteiger partial charge in [0.1, 0.15) is 25.4 Å². The highest BCUT2D eigenvalue weighted by Crippen LogP contribution is 2.41. The molecule has 26 heavy (non-hydrogen) atoms. The summed E-state index contributed by atoms with van der Waals surface area (Å²) in [4.78, 5) is 2.12. The van der Waals surface area contributed by atoms with E-state index in [2.05, 4.69) is 80.1 Å². The van der Waals surface area contributed by atoms with Gasteiger partial charge in [-0.2, -0.15) is 0 Å². The molecule has 1 heterocycles. The summed E-state index contributed by atoms with van der Waals surface area (Å²) in [6.45, 7) is 0. The first-order valence-electron chi connectivity index (χ1n) is 9.42. The fraction of sp³-hybridized carbons (Fsp3) is 0.348. The molecule has 2 aliphatic carbocycles. The first-order valence-corrected chi connectivity index (χ1v) is 9.42. The van der Waals surface area contributed by atoms with Crippen LogP contribution in [-0.4, -0.2) is 28.2 Å². The molecule has 0 atom stereocenters. The van der Waals surface area contributed by atoms with E-state index in [-0.39, 0.29) is 0 Å². The number of nitrogens with zero attached hydrogens (tertiary/aromatic N) is 2. The van der Waals surface area contributed by atoms with Gasteiger partial charge < -0.3 is 9.32 Å². The minimum atomic E-state index is 0.959. The zero-order chi connectivity index (χ0) is 18.3. The summed E-state index contributed by atoms with van der Waals surface area (Å²) in [5.41, 5.74) is 6.16. The Hall–Kier alpha value is -2.55. The Morgan fingerprint density at radius 2 is 1.85 bits per heavy atom. The second-order valence-corrected chi connectivity index (χ2v) is 7.60. The highest BCUT2D eigenvalue weighted by Gasteiger charge is 2.20. The van der Waals surface area contributed by atoms with Crippen LogP contribution in [0.3, 0.4) is 0 Å². The van der Waals surface area contributed by atoms with E-state index in [0.29, 0.717) is 0 Å². The molecular formula is C23H27N2O+. The van der Waals surface area contributed by atoms with E-state index >= 15 is 0 Å². The molecule has 3 nitrogen and oxygen atoms in total. The van der Waals surface area contributed by atoms with Crippen molar-refractivity contribution in [1.82, 2.24) is 4.58 Å². The predicted octanol–water partition coefficient (Wildman–Crippen LogP) is 4.59. The molecule has 134 valence electrons. The molecule has 0 N–H and O–H groups in total. The minimum Gasteiger partial charge on any atom is -0.456 e. The summed E-state index contributed by atoms with van der Waals surface area (Å²) in [5, 5.41) is 2.38. The van der Waals surface area contributed by atoms with E-state index in [9.17, 15) is 0 Å². The summed E-state index contributed by atoms with van der Waals surface area (Å²) < 4.78 is 8.50. The van der Waals surface area contributed by atoms with Crippen LogP contribution in [0.5, 0.6) is 0 Å². The molecule has 3 heteroatoms. The molecule has 1 aromatic rings. The van der Waals surface area contributed by atoms with E-state index in [1.165, 1.54) is 41.3 Å². The number of rotatable bonds is 2. The lowest BCUT2D eigenvalue weighted by Gasteiger charge is -2.21. The second-order valence-electron chi connectivity index (χ2n) is 7.60. The van der Waals surface area contributed by atoms with Gasteiger partial charge >= 0.3 is 0 Å². The van der Waals surface area contributed by atoms with Crippen LogP contribution in [0.15, 0.2) is 46.9 Å². The van der Waals surface area contributed by atoms with Crippen LogP contribution in [0, 0.1) is 0 Å². The lowest BCUT2D eigenvalue weighted by atomic mass is 9.87. The Kier molecular flexibility index (Phi) is 4.31. The Labute approximate surface area is 155 Å². The number of hydrogen-bond acceptors (Lipinski definition) is 2. The number of fused-ring (bicyclic) bond motifs is 2. The molecule has 0 spiro atoms. The van der Waals surface area contributed by atoms with Crippen LogP contribution in [0.4, 0.5) is 5.69 Å². The molecule has 0 aromatic heterocycles. The summed E-state index contributed by atoms with van der Waals surface area (Å²) in [7, 11) is 8.27. The molecular weight excluding hydrogens is 320 g/mol. The van der Waals surface area contributed by atoms with E-state index in [4.69, 9.17) is 4.42 Å². The van der Waals surface area contributed by atoms with Gasteiger partial charge in [-0.15, -0.1) is 0 Å². The van der Waals surface area contributed by atoms with Gasteiger partial charge in [0.15, 0.2) is 0 Å². The molecule has 3 aliphatic rings. The van der Waals surface area contributed by atoms with Crippen molar-refractivity contribution in [3.05, 3.63) is 53.4 Å². The summed E-state index contributed by atoms with van der Waals surface area (Å²) in [6.07, 6.45) is 7.32. The Morgan fingerprint density at radius 1 is 1.00 bits per heavy atom. The first-order chi connectivity index (χ1) is 12.5. The van der Waals surface area contributed by atoms with Crippen molar-refractivity contribution in [2.45, 2.75) is 25.7 Å². The van der Waals surface area contributed by atoms with Crippen molar-refractivity contribution in [1.29, 1.82) is 0 Å². The van der Waals surface area contributed by atoms with Crippen LogP contribution in [0.25, 0.3) is 27.9 Å². The van der Waals surface area contributed by atoms with Crippen molar-refractivity contribution in [3.63, 3.8) is 0 Å². The van der Waals surface area contributed by atoms with Crippen molar-refractivity contribution in [2.75, 3.05) is 33.1 Å². The first kappa shape index (κ1) is 16.9. The molecule has 1 aromatic carbocycles. The largest absolute Gasteiger partial charge is 0.456 e. The standard InChI is InChI=1S/C23H27N2O/c1-24(2)17-10-12-19-21(14-17)26-22-15-18(25(3)4)11-13-20(22)23(19)16-8-6-5-7-9-16/h8,10-15H,5-7,9H2,1-4H3/q+1. The van der Waals surface area contributed by atoms with Crippen LogP contribution in [-0.2, 0) is 0 Å². The SMILES string of the molecule is CN(C)c1ccc2c(C3=CCCCC3)c3ccc(=[N+](C)C)cc-3oc2c1. The van der Waals surface area contributed by atoms with Crippen molar-refractivity contribution >= 4 is 22.2 Å². The molecule has 0 bridgehead atoms. The summed E-state index contributed by atoms with van der Waals surface area (Å²) in [5.74, 6) is 0.959. The van der Waals surface area contributed by atoms with Gasteiger partial charge in [-0.1, -0.05) is 6.08 Å². The van der Waals surface area contributed by atoms with Gasteiger partial charge in [0.2, 0.25) is 5.36 Å². The molecule has 0 amide bonds. The highest BCUT2D eigenvalue weighted by atomic mass is 16.3. The van der Waals surface area contributed by atoms with Gasteiger partial charge in [-0.25, -0.2) is 4.58 Å². The Bertz CT molecular complexity index is 1040. The van der Waals surface area contributed by atoms with Gasteiger partial charge in [0.25, 0.3) is 0 Å². The normalized spacial score (nSPS) is 14.5. The average molecular weight is 347 g/mol. The monoisotopic (exact) mass is 347 g/mol. The van der Waals surface area contributed by atoms with E-state index in [1.807, 2.05) is 0 Å². The number of hydrogen-bond donors (Lipinski definition) is 0. The van der Waals surface area contributed by atoms with E-state index in [1.54, 1.807) is 0 Å². The second kappa shape index (κ2) is 6.64. The lowest BCUT2D eigenvalue weighted by molar-refractivity contribution is 0.616. The summed E-state index contributed by atoms with van der Waals surface area (Å²) in [6, 6.07) is 13.1. The van der Waals surface area contributed by atoms with Gasteiger partial charge in [0, 0.05) is 42.9 Å². The van der Waals surface area contributed by atoms with Crippen LogP contribution >= 0.6 is 0 Å². The van der Waals surface area contributed by atoms with E-state index < -0.39 is 0 Å². The van der Waals surface area contributed by atoms with Crippen LogP contribution in [0.2, 0.25) is 0 Å². The average Bonchev–Trinajstić information content (AvgIpc) is 2.65. The molecule has 0 radical (unpaired) electrons. The van der Waals surface area contributed by atoms with Crippen molar-refractivity contribution < 1.29 is 4.42 Å². The molecule has 0 unspecified atom stereocenters. The molecule has 0 fully saturated rings. The zero-order valence-corrected chi connectivity index (χ0v) is 16.2. The number of benzene rings is 2. The third-order valence-corrected chi connectivity index (χ3v) is 5.33. The fourth-order valence-corrected chi connectivity index (χ4v) is 3.84. The number of anilines is 1. The van der Waals surface area contributed by atoms with Crippen LogP contribution in [0.1, 0.15) is 31.2 Å². The molecule has 0 saturated carbocycles. The van der Waals surface area contributed by atoms with Crippen molar-refractivity contribution in [2.24, 2.45) is 0 Å². The molecule has 0 saturated heterocycles. The van der Waals surface area contributed by atoms with Gasteiger partial charge in [-0.05, 0) is 55.0 Å². The fourth-order valence-electron chi connectivity index (χ4n) is 3.84. The third-order valence-electron chi connectivity index (χ3n) is 5.33. The minimum absolute atomic E-state index is 0.959. The van der Waals surface area contributed by atoms with Crippen molar-refractivity contribution in [3.8, 4) is 11.3 Å². The Balaban J connectivity index is 2.09. The maximum atomic E-state index is 6.38.